The lowest BCUT2D eigenvalue weighted by atomic mass is 10.2. The van der Waals surface area contributed by atoms with E-state index in [1.807, 2.05) is 0 Å². The largest absolute Gasteiger partial charge is 0.573 e. The lowest BCUT2D eigenvalue weighted by molar-refractivity contribution is -0.274. The topological polar surface area (TPSA) is 124 Å². The minimum atomic E-state index is -4.82. The second-order valence-electron chi connectivity index (χ2n) is 7.02. The first-order valence-electron chi connectivity index (χ1n) is 9.84. The predicted molar refractivity (Wildman–Crippen MR) is 112 cm³/mol. The number of amides is 2. The van der Waals surface area contributed by atoms with Crippen LogP contribution in [-0.2, 0) is 24.3 Å². The van der Waals surface area contributed by atoms with Crippen LogP contribution in [0.2, 0.25) is 0 Å². The Hall–Kier alpha value is -3.62. The first-order valence-corrected chi connectivity index (χ1v) is 10.7. The summed E-state index contributed by atoms with van der Waals surface area (Å²) in [6, 6.07) is 5.17. The van der Waals surface area contributed by atoms with Gasteiger partial charge in [0.15, 0.2) is 5.69 Å². The molecule has 0 bridgehead atoms. The zero-order chi connectivity index (χ0) is 24.7. The molecule has 0 aliphatic carbocycles. The lowest BCUT2D eigenvalue weighted by Crippen LogP contribution is -2.23. The second-order valence-corrected chi connectivity index (χ2v) is 8.08. The Morgan fingerprint density at radius 1 is 1.24 bits per heavy atom. The van der Waals surface area contributed by atoms with E-state index in [4.69, 9.17) is 0 Å². The van der Waals surface area contributed by atoms with Gasteiger partial charge in [-0.25, -0.2) is 9.07 Å². The van der Waals surface area contributed by atoms with E-state index in [2.05, 4.69) is 35.9 Å². The lowest BCUT2D eigenvalue weighted by Gasteiger charge is -2.10. The number of halogens is 4. The molecule has 2 N–H and O–H groups in total. The molecule has 0 fully saturated rings. The van der Waals surface area contributed by atoms with Crippen molar-refractivity contribution >= 4 is 28.3 Å². The van der Waals surface area contributed by atoms with E-state index in [-0.39, 0.29) is 31.1 Å². The highest BCUT2D eigenvalue weighted by molar-refractivity contribution is 7.15. The van der Waals surface area contributed by atoms with Crippen LogP contribution in [0.5, 0.6) is 5.75 Å². The van der Waals surface area contributed by atoms with Gasteiger partial charge in [-0.15, -0.1) is 28.5 Å². The number of aryl methyl sites for hydroxylation is 1. The molecule has 2 aromatic heterocycles. The summed E-state index contributed by atoms with van der Waals surface area (Å²) >= 11 is 1.15. The summed E-state index contributed by atoms with van der Waals surface area (Å²) < 4.78 is 56.3. The number of ether oxygens (including phenoxy) is 1. The molecule has 34 heavy (non-hydrogen) atoms. The number of benzene rings is 1. The van der Waals surface area contributed by atoms with E-state index >= 15 is 0 Å². The van der Waals surface area contributed by atoms with Crippen LogP contribution < -0.4 is 15.4 Å². The van der Waals surface area contributed by atoms with E-state index in [1.165, 1.54) is 29.9 Å². The molecule has 0 saturated carbocycles. The normalized spacial score (nSPS) is 12.3. The molecule has 2 heterocycles. The van der Waals surface area contributed by atoms with Crippen LogP contribution in [0.3, 0.4) is 0 Å². The summed E-state index contributed by atoms with van der Waals surface area (Å²) in [7, 11) is 0. The van der Waals surface area contributed by atoms with E-state index in [9.17, 15) is 27.2 Å². The highest BCUT2D eigenvalue weighted by atomic mass is 32.1. The fourth-order valence-electron chi connectivity index (χ4n) is 2.75. The van der Waals surface area contributed by atoms with E-state index < -0.39 is 24.2 Å². The van der Waals surface area contributed by atoms with Gasteiger partial charge in [-0.1, -0.05) is 28.7 Å². The van der Waals surface area contributed by atoms with E-state index in [1.54, 1.807) is 0 Å². The average Bonchev–Trinajstić information content (AvgIpc) is 3.38. The molecule has 1 aromatic carbocycles. The Bertz CT molecular complexity index is 1140. The Labute approximate surface area is 194 Å². The smallest absolute Gasteiger partial charge is 0.406 e. The van der Waals surface area contributed by atoms with Crippen LogP contribution in [0.1, 0.15) is 34.4 Å². The quantitative estimate of drug-likeness (QED) is 0.410. The number of hydrogen-bond donors (Lipinski definition) is 2. The van der Waals surface area contributed by atoms with Crippen molar-refractivity contribution in [1.29, 1.82) is 0 Å². The highest BCUT2D eigenvalue weighted by Crippen LogP contribution is 2.23. The zero-order valence-corrected chi connectivity index (χ0v) is 18.5. The number of aromatic nitrogens is 5. The maximum Gasteiger partial charge on any atom is 0.573 e. The number of anilines is 1. The maximum absolute atomic E-state index is 14.3. The van der Waals surface area contributed by atoms with Gasteiger partial charge >= 0.3 is 6.36 Å². The molecule has 0 aliphatic rings. The van der Waals surface area contributed by atoms with E-state index in [0.29, 0.717) is 22.1 Å². The third kappa shape index (κ3) is 8.06. The Morgan fingerprint density at radius 3 is 2.76 bits per heavy atom. The van der Waals surface area contributed by atoms with Crippen LogP contribution in [0.15, 0.2) is 30.5 Å². The van der Waals surface area contributed by atoms with Gasteiger partial charge in [-0.3, -0.25) is 9.59 Å². The summed E-state index contributed by atoms with van der Waals surface area (Å²) in [4.78, 5) is 23.2. The van der Waals surface area contributed by atoms with Crippen LogP contribution in [0.4, 0.5) is 22.7 Å². The molecule has 3 aromatic rings. The molecule has 1 unspecified atom stereocenters. The monoisotopic (exact) mass is 501 g/mol. The number of rotatable bonds is 10. The van der Waals surface area contributed by atoms with Crippen molar-refractivity contribution in [3.8, 4) is 5.75 Å². The number of hydrogen-bond acceptors (Lipinski definition) is 8. The van der Waals surface area contributed by atoms with Gasteiger partial charge in [0.25, 0.3) is 5.91 Å². The first kappa shape index (κ1) is 25.0. The minimum Gasteiger partial charge on any atom is -0.406 e. The summed E-state index contributed by atoms with van der Waals surface area (Å²) in [5.74, 6) is -1.30. The minimum absolute atomic E-state index is 0.0704. The van der Waals surface area contributed by atoms with Gasteiger partial charge < -0.3 is 15.4 Å². The molecule has 182 valence electrons. The van der Waals surface area contributed by atoms with Crippen molar-refractivity contribution in [3.63, 3.8) is 0 Å². The van der Waals surface area contributed by atoms with Gasteiger partial charge in [0.1, 0.15) is 16.9 Å². The van der Waals surface area contributed by atoms with Gasteiger partial charge in [0.2, 0.25) is 11.0 Å². The number of carbonyl (C=O) groups is 2. The van der Waals surface area contributed by atoms with Crippen LogP contribution in [0, 0.1) is 0 Å². The molecule has 3 rings (SSSR count). The molecule has 0 aliphatic heterocycles. The molecule has 0 radical (unpaired) electrons. The average molecular weight is 501 g/mol. The van der Waals surface area contributed by atoms with Crippen molar-refractivity contribution in [3.05, 3.63) is 46.7 Å². The van der Waals surface area contributed by atoms with Crippen molar-refractivity contribution in [2.24, 2.45) is 0 Å². The molecular formula is C19H19F4N7O3S. The summed E-state index contributed by atoms with van der Waals surface area (Å²) in [5.41, 5.74) is 0.309. The van der Waals surface area contributed by atoms with Crippen molar-refractivity contribution in [1.82, 2.24) is 30.5 Å². The fourth-order valence-corrected chi connectivity index (χ4v) is 3.55. The third-order valence-corrected chi connectivity index (χ3v) is 5.06. The summed E-state index contributed by atoms with van der Waals surface area (Å²) in [5, 5.41) is 21.0. The van der Waals surface area contributed by atoms with Gasteiger partial charge in [-0.2, -0.15) is 0 Å². The van der Waals surface area contributed by atoms with Crippen molar-refractivity contribution in [2.45, 2.75) is 45.4 Å². The second kappa shape index (κ2) is 11.0. The number of alkyl halides is 4. The Balaban J connectivity index is 1.46. The first-order chi connectivity index (χ1) is 16.1. The fraction of sp³-hybridized carbons (Fsp3) is 0.368. The highest BCUT2D eigenvalue weighted by Gasteiger charge is 2.31. The molecule has 15 heteroatoms. The number of nitrogens with zero attached hydrogens (tertiary/aromatic N) is 5. The zero-order valence-electron chi connectivity index (χ0n) is 17.7. The van der Waals surface area contributed by atoms with Gasteiger partial charge in [-0.05, 0) is 24.1 Å². The number of carbonyl (C=O) groups excluding carboxylic acids is 2. The van der Waals surface area contributed by atoms with Crippen molar-refractivity contribution < 1.29 is 31.9 Å². The summed E-state index contributed by atoms with van der Waals surface area (Å²) in [6.07, 6.45) is -4.43. The Morgan fingerprint density at radius 2 is 2.03 bits per heavy atom. The molecule has 0 spiro atoms. The molecule has 2 amide bonds. The molecule has 10 nitrogen and oxygen atoms in total. The van der Waals surface area contributed by atoms with E-state index in [0.717, 1.165) is 23.5 Å². The Kier molecular flexibility index (Phi) is 8.09. The van der Waals surface area contributed by atoms with Crippen LogP contribution in [-0.4, -0.2) is 49.5 Å². The molecule has 1 atom stereocenters. The molecule has 0 saturated heterocycles. The van der Waals surface area contributed by atoms with Crippen molar-refractivity contribution in [2.75, 3.05) is 5.32 Å². The standard InChI is InChI=1S/C19H19F4N7O3S/c1-11(31)25-18-28-27-16(34-18)6-5-13(20)9-30-10-15(26-29-30)17(32)24-8-12-3-2-4-14(7-12)33-19(21,22)23/h2-4,7,10,13H,5-6,8-9H2,1H3,(H,24,32)(H,25,28,31). The van der Waals surface area contributed by atoms with Crippen LogP contribution in [0.25, 0.3) is 0 Å². The number of nitrogens with one attached hydrogen (secondary N) is 2. The SMILES string of the molecule is CC(=O)Nc1nnc(CCC(F)Cn2cc(C(=O)NCc3cccc(OC(F)(F)F)c3)nn2)s1. The third-order valence-electron chi connectivity index (χ3n) is 4.16. The van der Waals surface area contributed by atoms with Gasteiger partial charge in [0, 0.05) is 19.9 Å². The molecular weight excluding hydrogens is 482 g/mol. The predicted octanol–water partition coefficient (Wildman–Crippen LogP) is 2.89. The van der Waals surface area contributed by atoms with Crippen LogP contribution >= 0.6 is 11.3 Å². The van der Waals surface area contributed by atoms with Gasteiger partial charge in [0.05, 0.1) is 12.7 Å². The summed E-state index contributed by atoms with van der Waals surface area (Å²) in [6.45, 7) is 1.12. The maximum atomic E-state index is 14.3.